The van der Waals surface area contributed by atoms with Crippen molar-refractivity contribution in [2.45, 2.75) is 45.2 Å². The number of aryl methyl sites for hydroxylation is 1. The predicted molar refractivity (Wildman–Crippen MR) is 85.8 cm³/mol. The van der Waals surface area contributed by atoms with Gasteiger partial charge >= 0.3 is 0 Å². The molecule has 0 saturated carbocycles. The summed E-state index contributed by atoms with van der Waals surface area (Å²) in [5.74, 6) is 2.75. The number of hydrogen-bond donors (Lipinski definition) is 1. The predicted octanol–water partition coefficient (Wildman–Crippen LogP) is 3.18. The highest BCUT2D eigenvalue weighted by atomic mass is 16.6. The Labute approximate surface area is 136 Å². The number of hydrogen-bond acceptors (Lipinski definition) is 5. The molecule has 5 heteroatoms. The highest BCUT2D eigenvalue weighted by Gasteiger charge is 2.20. The van der Waals surface area contributed by atoms with Gasteiger partial charge in [-0.3, -0.25) is 0 Å². The van der Waals surface area contributed by atoms with E-state index in [0.717, 1.165) is 42.3 Å². The molecule has 2 aliphatic rings. The van der Waals surface area contributed by atoms with Gasteiger partial charge in [0, 0.05) is 24.6 Å². The van der Waals surface area contributed by atoms with Gasteiger partial charge in [-0.1, -0.05) is 11.2 Å². The molecule has 2 heterocycles. The van der Waals surface area contributed by atoms with Crippen LogP contribution in [0.5, 0.6) is 11.5 Å². The van der Waals surface area contributed by atoms with Gasteiger partial charge < -0.3 is 19.3 Å². The summed E-state index contributed by atoms with van der Waals surface area (Å²) < 4.78 is 16.7. The molecular formula is C18H22N2O3. The molecule has 1 N–H and O–H groups in total. The first-order valence-electron chi connectivity index (χ1n) is 8.40. The monoisotopic (exact) mass is 314 g/mol. The summed E-state index contributed by atoms with van der Waals surface area (Å²) >= 11 is 0. The average Bonchev–Trinajstić information content (AvgIpc) is 3.02. The van der Waals surface area contributed by atoms with Gasteiger partial charge in [0.25, 0.3) is 0 Å². The minimum Gasteiger partial charge on any atom is -0.486 e. The van der Waals surface area contributed by atoms with Crippen molar-refractivity contribution in [2.24, 2.45) is 0 Å². The van der Waals surface area contributed by atoms with Crippen molar-refractivity contribution >= 4 is 0 Å². The first-order chi connectivity index (χ1) is 11.3. The van der Waals surface area contributed by atoms with Crippen LogP contribution < -0.4 is 14.8 Å². The summed E-state index contributed by atoms with van der Waals surface area (Å²) in [6.45, 7) is 4.12. The van der Waals surface area contributed by atoms with Crippen LogP contribution >= 0.6 is 0 Å². The third-order valence-electron chi connectivity index (χ3n) is 4.67. The number of aromatic nitrogens is 1. The molecule has 0 unspecified atom stereocenters. The summed E-state index contributed by atoms with van der Waals surface area (Å²) in [7, 11) is 0. The number of nitrogens with zero attached hydrogens (tertiary/aromatic N) is 1. The second-order valence-corrected chi connectivity index (χ2v) is 6.24. The van der Waals surface area contributed by atoms with Crippen molar-refractivity contribution in [1.82, 2.24) is 10.5 Å². The van der Waals surface area contributed by atoms with Crippen molar-refractivity contribution in [3.8, 4) is 11.5 Å². The molecule has 1 aliphatic heterocycles. The van der Waals surface area contributed by atoms with Gasteiger partial charge in [-0.2, -0.15) is 0 Å². The normalized spacial score (nSPS) is 17.6. The molecule has 1 aromatic carbocycles. The molecule has 1 atom stereocenters. The van der Waals surface area contributed by atoms with E-state index in [9.17, 15) is 0 Å². The summed E-state index contributed by atoms with van der Waals surface area (Å²) in [5, 5.41) is 7.79. The van der Waals surface area contributed by atoms with E-state index in [1.54, 1.807) is 0 Å². The van der Waals surface area contributed by atoms with E-state index in [2.05, 4.69) is 29.5 Å². The molecule has 122 valence electrons. The summed E-state index contributed by atoms with van der Waals surface area (Å²) in [6.07, 6.45) is 4.57. The van der Waals surface area contributed by atoms with Gasteiger partial charge in [0.1, 0.15) is 24.7 Å². The molecule has 0 saturated heterocycles. The Morgan fingerprint density at radius 1 is 1.13 bits per heavy atom. The van der Waals surface area contributed by atoms with E-state index in [1.807, 2.05) is 6.07 Å². The SMILES string of the molecule is C[C@@H](NCc1noc2c1CCCC2)c1ccc2c(c1)OCCO2. The Kier molecular flexibility index (Phi) is 3.95. The third-order valence-corrected chi connectivity index (χ3v) is 4.67. The van der Waals surface area contributed by atoms with Crippen LogP contribution in [0.2, 0.25) is 0 Å². The summed E-state index contributed by atoms with van der Waals surface area (Å²) in [6, 6.07) is 6.34. The van der Waals surface area contributed by atoms with Crippen LogP contribution in [0.15, 0.2) is 22.7 Å². The van der Waals surface area contributed by atoms with Gasteiger partial charge in [-0.25, -0.2) is 0 Å². The summed E-state index contributed by atoms with van der Waals surface area (Å²) in [4.78, 5) is 0. The van der Waals surface area contributed by atoms with Crippen LogP contribution in [0.4, 0.5) is 0 Å². The van der Waals surface area contributed by atoms with Crippen molar-refractivity contribution in [3.63, 3.8) is 0 Å². The molecule has 4 rings (SSSR count). The molecule has 0 fully saturated rings. The van der Waals surface area contributed by atoms with Gasteiger partial charge in [-0.15, -0.1) is 0 Å². The molecule has 0 spiro atoms. The smallest absolute Gasteiger partial charge is 0.161 e. The van der Waals surface area contributed by atoms with Crippen LogP contribution in [0.25, 0.3) is 0 Å². The maximum atomic E-state index is 5.66. The second-order valence-electron chi connectivity index (χ2n) is 6.24. The molecule has 0 radical (unpaired) electrons. The van der Waals surface area contributed by atoms with Crippen LogP contribution in [0, 0.1) is 0 Å². The standard InChI is InChI=1S/C18H22N2O3/c1-12(13-6-7-17-18(10-13)22-9-8-21-17)19-11-15-14-4-2-3-5-16(14)23-20-15/h6-7,10,12,19H,2-5,8-9,11H2,1H3/t12-/m1/s1. The Morgan fingerprint density at radius 2 is 1.96 bits per heavy atom. The Morgan fingerprint density at radius 3 is 2.87 bits per heavy atom. The maximum absolute atomic E-state index is 5.66. The zero-order chi connectivity index (χ0) is 15.6. The quantitative estimate of drug-likeness (QED) is 0.939. The van der Waals surface area contributed by atoms with Crippen molar-refractivity contribution < 1.29 is 14.0 Å². The second kappa shape index (κ2) is 6.24. The average molecular weight is 314 g/mol. The van der Waals surface area contributed by atoms with E-state index >= 15 is 0 Å². The Bertz CT molecular complexity index is 696. The molecule has 0 bridgehead atoms. The van der Waals surface area contributed by atoms with Crippen molar-refractivity contribution in [3.05, 3.63) is 40.8 Å². The van der Waals surface area contributed by atoms with Crippen molar-refractivity contribution in [1.29, 1.82) is 0 Å². The van der Waals surface area contributed by atoms with Crippen LogP contribution in [0.3, 0.4) is 0 Å². The Hall–Kier alpha value is -2.01. The summed E-state index contributed by atoms with van der Waals surface area (Å²) in [5.41, 5.74) is 3.56. The maximum Gasteiger partial charge on any atom is 0.161 e. The number of benzene rings is 1. The van der Waals surface area contributed by atoms with E-state index < -0.39 is 0 Å². The lowest BCUT2D eigenvalue weighted by atomic mass is 9.96. The number of rotatable bonds is 4. The van der Waals surface area contributed by atoms with Crippen molar-refractivity contribution in [2.75, 3.05) is 13.2 Å². The fourth-order valence-electron chi connectivity index (χ4n) is 3.28. The van der Waals surface area contributed by atoms with E-state index in [4.69, 9.17) is 14.0 Å². The largest absolute Gasteiger partial charge is 0.486 e. The first-order valence-corrected chi connectivity index (χ1v) is 8.40. The number of fused-ring (bicyclic) bond motifs is 2. The van der Waals surface area contributed by atoms with E-state index in [-0.39, 0.29) is 6.04 Å². The minimum absolute atomic E-state index is 0.210. The van der Waals surface area contributed by atoms with E-state index in [0.29, 0.717) is 13.2 Å². The third kappa shape index (κ3) is 2.93. The molecule has 1 aromatic heterocycles. The Balaban J connectivity index is 1.44. The molecule has 1 aliphatic carbocycles. The molecular weight excluding hydrogens is 292 g/mol. The molecule has 2 aromatic rings. The van der Waals surface area contributed by atoms with Crippen LogP contribution in [-0.4, -0.2) is 18.4 Å². The number of ether oxygens (including phenoxy) is 2. The van der Waals surface area contributed by atoms with Gasteiger partial charge in [-0.05, 0) is 43.9 Å². The lowest BCUT2D eigenvalue weighted by Gasteiger charge is -2.21. The minimum atomic E-state index is 0.210. The molecule has 23 heavy (non-hydrogen) atoms. The lowest BCUT2D eigenvalue weighted by molar-refractivity contribution is 0.171. The van der Waals surface area contributed by atoms with Crippen LogP contribution in [0.1, 0.15) is 48.4 Å². The lowest BCUT2D eigenvalue weighted by Crippen LogP contribution is -2.20. The molecule has 0 amide bonds. The topological polar surface area (TPSA) is 56.5 Å². The fourth-order valence-corrected chi connectivity index (χ4v) is 3.28. The number of nitrogens with one attached hydrogen (secondary N) is 1. The first kappa shape index (κ1) is 14.6. The zero-order valence-electron chi connectivity index (χ0n) is 13.4. The van der Waals surface area contributed by atoms with Crippen LogP contribution in [-0.2, 0) is 19.4 Å². The fraction of sp³-hybridized carbons (Fsp3) is 0.500. The van der Waals surface area contributed by atoms with Gasteiger partial charge in [0.2, 0.25) is 0 Å². The molecule has 5 nitrogen and oxygen atoms in total. The highest BCUT2D eigenvalue weighted by Crippen LogP contribution is 2.32. The van der Waals surface area contributed by atoms with Gasteiger partial charge in [0.15, 0.2) is 11.5 Å². The highest BCUT2D eigenvalue weighted by molar-refractivity contribution is 5.44. The van der Waals surface area contributed by atoms with Gasteiger partial charge in [0.05, 0.1) is 0 Å². The zero-order valence-corrected chi connectivity index (χ0v) is 13.4. The van der Waals surface area contributed by atoms with E-state index in [1.165, 1.54) is 24.0 Å².